The van der Waals surface area contributed by atoms with Gasteiger partial charge in [-0.1, -0.05) is 18.2 Å². The summed E-state index contributed by atoms with van der Waals surface area (Å²) in [6.45, 7) is 3.16. The van der Waals surface area contributed by atoms with E-state index in [9.17, 15) is 9.59 Å². The van der Waals surface area contributed by atoms with Crippen molar-refractivity contribution in [2.45, 2.75) is 26.3 Å². The molecule has 17 heavy (non-hydrogen) atoms. The lowest BCUT2D eigenvalue weighted by Crippen LogP contribution is -2.39. The number of carbonyl (C=O) groups excluding carboxylic acids is 2. The van der Waals surface area contributed by atoms with Gasteiger partial charge in [0.2, 0.25) is 5.91 Å². The van der Waals surface area contributed by atoms with Gasteiger partial charge in [-0.15, -0.1) is 0 Å². The standard InChI is InChI=1S/C13H15NO3/c1-9(15)14-12(8-17-10(2)16)7-11-5-3-4-6-13(11)14/h3-6,12H,7-8H2,1-2H3. The highest BCUT2D eigenvalue weighted by Crippen LogP contribution is 2.32. The van der Waals surface area contributed by atoms with Crippen LogP contribution in [0.3, 0.4) is 0 Å². The second kappa shape index (κ2) is 4.57. The van der Waals surface area contributed by atoms with Crippen molar-refractivity contribution in [3.8, 4) is 0 Å². The van der Waals surface area contributed by atoms with E-state index in [2.05, 4.69) is 0 Å². The van der Waals surface area contributed by atoms with Gasteiger partial charge in [-0.05, 0) is 18.1 Å². The first kappa shape index (κ1) is 11.6. The smallest absolute Gasteiger partial charge is 0.302 e. The van der Waals surface area contributed by atoms with Gasteiger partial charge < -0.3 is 9.64 Å². The van der Waals surface area contributed by atoms with E-state index in [1.54, 1.807) is 4.90 Å². The summed E-state index contributed by atoms with van der Waals surface area (Å²) in [6.07, 6.45) is 0.739. The van der Waals surface area contributed by atoms with Crippen molar-refractivity contribution in [1.29, 1.82) is 0 Å². The maximum atomic E-state index is 11.6. The molecule has 0 aliphatic carbocycles. The summed E-state index contributed by atoms with van der Waals surface area (Å²) in [5, 5.41) is 0. The molecule has 0 radical (unpaired) electrons. The molecule has 4 heteroatoms. The highest BCUT2D eigenvalue weighted by molar-refractivity contribution is 5.94. The lowest BCUT2D eigenvalue weighted by molar-refractivity contribution is -0.141. The number of amides is 1. The van der Waals surface area contributed by atoms with Crippen LogP contribution >= 0.6 is 0 Å². The molecule has 1 atom stereocenters. The van der Waals surface area contributed by atoms with E-state index in [4.69, 9.17) is 4.74 Å². The van der Waals surface area contributed by atoms with Crippen LogP contribution in [0.5, 0.6) is 0 Å². The van der Waals surface area contributed by atoms with Crippen molar-refractivity contribution in [3.63, 3.8) is 0 Å². The lowest BCUT2D eigenvalue weighted by atomic mass is 10.1. The Kier molecular flexibility index (Phi) is 3.13. The maximum absolute atomic E-state index is 11.6. The topological polar surface area (TPSA) is 46.6 Å². The molecule has 1 aliphatic rings. The van der Waals surface area contributed by atoms with Crippen molar-refractivity contribution in [2.24, 2.45) is 0 Å². The Balaban J connectivity index is 2.21. The van der Waals surface area contributed by atoms with Crippen molar-refractivity contribution in [1.82, 2.24) is 0 Å². The molecule has 0 aromatic heterocycles. The number of fused-ring (bicyclic) bond motifs is 1. The van der Waals surface area contributed by atoms with Crippen LogP contribution in [0.4, 0.5) is 5.69 Å². The van der Waals surface area contributed by atoms with Gasteiger partial charge in [-0.25, -0.2) is 0 Å². The normalized spacial score (nSPS) is 17.8. The van der Waals surface area contributed by atoms with Gasteiger partial charge in [-0.3, -0.25) is 9.59 Å². The highest BCUT2D eigenvalue weighted by Gasteiger charge is 2.32. The van der Waals surface area contributed by atoms with Crippen LogP contribution in [0, 0.1) is 0 Å². The molecule has 0 bridgehead atoms. The molecule has 0 saturated heterocycles. The fourth-order valence-corrected chi connectivity index (χ4v) is 2.23. The van der Waals surface area contributed by atoms with Gasteiger partial charge in [0, 0.05) is 19.5 Å². The van der Waals surface area contributed by atoms with Gasteiger partial charge in [0.25, 0.3) is 0 Å². The van der Waals surface area contributed by atoms with Gasteiger partial charge in [0.1, 0.15) is 6.61 Å². The summed E-state index contributed by atoms with van der Waals surface area (Å²) in [5.41, 5.74) is 2.05. The molecule has 1 aliphatic heterocycles. The predicted octanol–water partition coefficient (Wildman–Crippen LogP) is 1.53. The van der Waals surface area contributed by atoms with E-state index in [0.717, 1.165) is 17.7 Å². The van der Waals surface area contributed by atoms with Crippen LogP contribution in [-0.2, 0) is 20.7 Å². The van der Waals surface area contributed by atoms with Gasteiger partial charge in [0.15, 0.2) is 0 Å². The monoisotopic (exact) mass is 233 g/mol. The van der Waals surface area contributed by atoms with Crippen LogP contribution in [0.1, 0.15) is 19.4 Å². The second-order valence-electron chi connectivity index (χ2n) is 4.18. The molecule has 0 saturated carbocycles. The Morgan fingerprint density at radius 3 is 2.71 bits per heavy atom. The summed E-state index contributed by atoms with van der Waals surface area (Å²) >= 11 is 0. The minimum atomic E-state index is -0.315. The van der Waals surface area contributed by atoms with Crippen molar-refractivity contribution < 1.29 is 14.3 Å². The minimum absolute atomic E-state index is 0.0212. The zero-order valence-electron chi connectivity index (χ0n) is 9.97. The largest absolute Gasteiger partial charge is 0.464 e. The molecule has 90 valence electrons. The van der Waals surface area contributed by atoms with E-state index >= 15 is 0 Å². The fourth-order valence-electron chi connectivity index (χ4n) is 2.23. The van der Waals surface area contributed by atoms with E-state index in [0.29, 0.717) is 0 Å². The third-order valence-corrected chi connectivity index (χ3v) is 2.89. The number of ether oxygens (including phenoxy) is 1. The fraction of sp³-hybridized carbons (Fsp3) is 0.385. The molecule has 0 spiro atoms. The van der Waals surface area contributed by atoms with Crippen LogP contribution in [0.25, 0.3) is 0 Å². The van der Waals surface area contributed by atoms with Crippen molar-refractivity contribution in [2.75, 3.05) is 11.5 Å². The number of benzene rings is 1. The van der Waals surface area contributed by atoms with E-state index in [1.165, 1.54) is 13.8 Å². The van der Waals surface area contributed by atoms with Crippen molar-refractivity contribution >= 4 is 17.6 Å². The molecule has 4 nitrogen and oxygen atoms in total. The summed E-state index contributed by atoms with van der Waals surface area (Å²) in [6, 6.07) is 7.70. The number of anilines is 1. The Labute approximate surface area is 100 Å². The molecule has 1 aromatic carbocycles. The Bertz CT molecular complexity index is 456. The van der Waals surface area contributed by atoms with Crippen LogP contribution in [0.15, 0.2) is 24.3 Å². The SMILES string of the molecule is CC(=O)OCC1Cc2ccccc2N1C(C)=O. The minimum Gasteiger partial charge on any atom is -0.464 e. The third kappa shape index (κ3) is 2.30. The number of rotatable bonds is 2. The molecule has 2 rings (SSSR count). The lowest BCUT2D eigenvalue weighted by Gasteiger charge is -2.23. The van der Waals surface area contributed by atoms with E-state index < -0.39 is 0 Å². The number of nitrogens with zero attached hydrogens (tertiary/aromatic N) is 1. The van der Waals surface area contributed by atoms with Crippen LogP contribution in [0.2, 0.25) is 0 Å². The van der Waals surface area contributed by atoms with E-state index in [1.807, 2.05) is 24.3 Å². The molecule has 1 heterocycles. The number of para-hydroxylation sites is 1. The van der Waals surface area contributed by atoms with Crippen molar-refractivity contribution in [3.05, 3.63) is 29.8 Å². The average molecular weight is 233 g/mol. The summed E-state index contributed by atoms with van der Waals surface area (Å²) in [7, 11) is 0. The molecule has 0 fully saturated rings. The second-order valence-corrected chi connectivity index (χ2v) is 4.18. The molecule has 1 aromatic rings. The predicted molar refractivity (Wildman–Crippen MR) is 63.7 cm³/mol. The first-order valence-corrected chi connectivity index (χ1v) is 5.60. The number of hydrogen-bond acceptors (Lipinski definition) is 3. The first-order chi connectivity index (χ1) is 8.09. The van der Waals surface area contributed by atoms with Gasteiger partial charge >= 0.3 is 5.97 Å². The van der Waals surface area contributed by atoms with Gasteiger partial charge in [-0.2, -0.15) is 0 Å². The zero-order valence-corrected chi connectivity index (χ0v) is 9.97. The first-order valence-electron chi connectivity index (χ1n) is 5.60. The Morgan fingerprint density at radius 1 is 1.35 bits per heavy atom. The summed E-state index contributed by atoms with van der Waals surface area (Å²) < 4.78 is 5.00. The summed E-state index contributed by atoms with van der Waals surface area (Å²) in [5.74, 6) is -0.337. The maximum Gasteiger partial charge on any atom is 0.302 e. The molecular formula is C13H15NO3. The van der Waals surface area contributed by atoms with Crippen LogP contribution < -0.4 is 4.90 Å². The molecule has 1 amide bonds. The van der Waals surface area contributed by atoms with Crippen LogP contribution in [-0.4, -0.2) is 24.5 Å². The number of esters is 1. The Hall–Kier alpha value is -1.84. The zero-order chi connectivity index (χ0) is 12.4. The summed E-state index contributed by atoms with van der Waals surface area (Å²) in [4.78, 5) is 24.2. The highest BCUT2D eigenvalue weighted by atomic mass is 16.5. The molecule has 1 unspecified atom stereocenters. The average Bonchev–Trinajstić information content (AvgIpc) is 2.64. The number of hydrogen-bond donors (Lipinski definition) is 0. The quantitative estimate of drug-likeness (QED) is 0.728. The molecular weight excluding hydrogens is 218 g/mol. The third-order valence-electron chi connectivity index (χ3n) is 2.89. The Morgan fingerprint density at radius 2 is 2.06 bits per heavy atom. The number of carbonyl (C=O) groups is 2. The van der Waals surface area contributed by atoms with Gasteiger partial charge in [0.05, 0.1) is 6.04 Å². The van der Waals surface area contributed by atoms with E-state index in [-0.39, 0.29) is 24.5 Å². The molecule has 0 N–H and O–H groups in total.